The topological polar surface area (TPSA) is 35.5 Å². The zero-order valence-corrected chi connectivity index (χ0v) is 14.5. The molecule has 0 saturated heterocycles. The summed E-state index contributed by atoms with van der Waals surface area (Å²) in [6.45, 7) is 9.02. The molecule has 1 saturated carbocycles. The quantitative estimate of drug-likeness (QED) is 0.396. The minimum Gasteiger partial charge on any atom is -0.463 e. The fraction of sp³-hybridized carbons (Fsp3) is 0.812. The molecule has 0 radical (unpaired) electrons. The molecule has 0 aromatic heterocycles. The lowest BCUT2D eigenvalue weighted by Gasteiger charge is -2.36. The van der Waals surface area contributed by atoms with E-state index in [1.807, 2.05) is 6.92 Å². The summed E-state index contributed by atoms with van der Waals surface area (Å²) >= 11 is 0. The van der Waals surface area contributed by atoms with Gasteiger partial charge < -0.3 is 9.16 Å². The Labute approximate surface area is 124 Å². The van der Waals surface area contributed by atoms with Crippen LogP contribution in [0.3, 0.4) is 0 Å². The second-order valence-corrected chi connectivity index (χ2v) is 10.3. The first-order chi connectivity index (χ1) is 9.60. The molecule has 1 unspecified atom stereocenters. The van der Waals surface area contributed by atoms with Gasteiger partial charge in [0, 0.05) is 6.08 Å². The van der Waals surface area contributed by atoms with E-state index in [1.165, 1.54) is 6.42 Å². The van der Waals surface area contributed by atoms with Crippen molar-refractivity contribution in [1.82, 2.24) is 0 Å². The molecule has 1 aliphatic rings. The highest BCUT2D eigenvalue weighted by atomic mass is 28.4. The van der Waals surface area contributed by atoms with Gasteiger partial charge in [0.05, 0.1) is 12.7 Å². The van der Waals surface area contributed by atoms with Crippen molar-refractivity contribution in [3.05, 3.63) is 11.6 Å². The van der Waals surface area contributed by atoms with Crippen LogP contribution in [0, 0.1) is 0 Å². The van der Waals surface area contributed by atoms with Crippen LogP contribution in [0.2, 0.25) is 18.1 Å². The van der Waals surface area contributed by atoms with Gasteiger partial charge in [0.15, 0.2) is 8.32 Å². The SMILES string of the molecule is CCOC(=O)/C=C1\CCCCC1O[Si](CC)(CC)CC. The minimum atomic E-state index is -1.61. The van der Waals surface area contributed by atoms with Crippen LogP contribution in [0.5, 0.6) is 0 Å². The summed E-state index contributed by atoms with van der Waals surface area (Å²) in [5.41, 5.74) is 1.15. The van der Waals surface area contributed by atoms with E-state index in [1.54, 1.807) is 6.08 Å². The molecular formula is C16H30O3Si. The second kappa shape index (κ2) is 8.62. The first-order valence-corrected chi connectivity index (χ1v) is 10.7. The number of rotatable bonds is 7. The summed E-state index contributed by atoms with van der Waals surface area (Å²) < 4.78 is 11.6. The average Bonchev–Trinajstić information content (AvgIpc) is 2.47. The molecule has 0 aromatic carbocycles. The van der Waals surface area contributed by atoms with Crippen molar-refractivity contribution in [2.45, 2.75) is 77.6 Å². The molecule has 0 spiro atoms. The summed E-state index contributed by atoms with van der Waals surface area (Å²) in [5.74, 6) is -0.213. The maximum Gasteiger partial charge on any atom is 0.330 e. The highest BCUT2D eigenvalue weighted by molar-refractivity contribution is 6.73. The lowest BCUT2D eigenvalue weighted by atomic mass is 9.92. The van der Waals surface area contributed by atoms with Gasteiger partial charge >= 0.3 is 5.97 Å². The number of hydrogen-bond acceptors (Lipinski definition) is 3. The molecular weight excluding hydrogens is 268 g/mol. The Kier molecular flexibility index (Phi) is 7.52. The van der Waals surface area contributed by atoms with E-state index in [9.17, 15) is 4.79 Å². The van der Waals surface area contributed by atoms with Gasteiger partial charge in [-0.3, -0.25) is 0 Å². The molecule has 0 aromatic rings. The number of esters is 1. The van der Waals surface area contributed by atoms with Gasteiger partial charge in [-0.1, -0.05) is 27.2 Å². The van der Waals surface area contributed by atoms with Crippen LogP contribution in [0.15, 0.2) is 11.6 Å². The summed E-state index contributed by atoms with van der Waals surface area (Å²) in [6, 6.07) is 3.47. The Balaban J connectivity index is 2.81. The van der Waals surface area contributed by atoms with Gasteiger partial charge in [-0.15, -0.1) is 0 Å². The van der Waals surface area contributed by atoms with Crippen LogP contribution in [0.25, 0.3) is 0 Å². The van der Waals surface area contributed by atoms with E-state index in [4.69, 9.17) is 9.16 Å². The zero-order valence-electron chi connectivity index (χ0n) is 13.5. The van der Waals surface area contributed by atoms with Gasteiger partial charge in [-0.05, 0) is 49.9 Å². The fourth-order valence-corrected chi connectivity index (χ4v) is 5.81. The fourth-order valence-electron chi connectivity index (χ4n) is 2.94. The Bertz CT molecular complexity index is 326. The molecule has 1 aliphatic carbocycles. The van der Waals surface area contributed by atoms with E-state index in [-0.39, 0.29) is 12.1 Å². The third-order valence-corrected chi connectivity index (χ3v) is 9.16. The third kappa shape index (κ3) is 4.74. The highest BCUT2D eigenvalue weighted by Crippen LogP contribution is 2.32. The highest BCUT2D eigenvalue weighted by Gasteiger charge is 2.34. The van der Waals surface area contributed by atoms with Gasteiger partial charge in [0.25, 0.3) is 0 Å². The maximum atomic E-state index is 11.7. The molecule has 1 atom stereocenters. The summed E-state index contributed by atoms with van der Waals surface area (Å²) in [7, 11) is -1.61. The Morgan fingerprint density at radius 1 is 1.20 bits per heavy atom. The van der Waals surface area contributed by atoms with E-state index >= 15 is 0 Å². The zero-order chi connectivity index (χ0) is 15.0. The number of carbonyl (C=O) groups is 1. The van der Waals surface area contributed by atoms with Crippen LogP contribution in [-0.4, -0.2) is 27.0 Å². The lowest BCUT2D eigenvalue weighted by Crippen LogP contribution is -2.41. The van der Waals surface area contributed by atoms with Crippen LogP contribution >= 0.6 is 0 Å². The predicted octanol–water partition coefficient (Wildman–Crippen LogP) is 4.44. The van der Waals surface area contributed by atoms with Crippen molar-refractivity contribution < 1.29 is 14.0 Å². The molecule has 0 bridgehead atoms. The molecule has 0 amide bonds. The smallest absolute Gasteiger partial charge is 0.330 e. The monoisotopic (exact) mass is 298 g/mol. The number of hydrogen-bond donors (Lipinski definition) is 0. The Morgan fingerprint density at radius 2 is 1.85 bits per heavy atom. The third-order valence-electron chi connectivity index (χ3n) is 4.51. The maximum absolute atomic E-state index is 11.7. The first kappa shape index (κ1) is 17.4. The van der Waals surface area contributed by atoms with Crippen molar-refractivity contribution in [1.29, 1.82) is 0 Å². The largest absolute Gasteiger partial charge is 0.463 e. The van der Waals surface area contributed by atoms with E-state index < -0.39 is 8.32 Å². The van der Waals surface area contributed by atoms with Crippen molar-refractivity contribution in [2.24, 2.45) is 0 Å². The molecule has 3 nitrogen and oxygen atoms in total. The van der Waals surface area contributed by atoms with Crippen molar-refractivity contribution in [3.8, 4) is 0 Å². The van der Waals surface area contributed by atoms with Crippen LogP contribution < -0.4 is 0 Å². The molecule has 0 heterocycles. The second-order valence-electron chi connectivity index (χ2n) is 5.57. The minimum absolute atomic E-state index is 0.152. The Hall–Kier alpha value is -0.613. The molecule has 0 aliphatic heterocycles. The van der Waals surface area contributed by atoms with Crippen LogP contribution in [-0.2, 0) is 14.0 Å². The first-order valence-electron chi connectivity index (χ1n) is 8.15. The Morgan fingerprint density at radius 3 is 2.40 bits per heavy atom. The lowest BCUT2D eigenvalue weighted by molar-refractivity contribution is -0.137. The number of carbonyl (C=O) groups excluding carboxylic acids is 1. The molecule has 1 fully saturated rings. The van der Waals surface area contributed by atoms with Gasteiger partial charge in [-0.25, -0.2) is 4.79 Å². The summed E-state index contributed by atoms with van der Waals surface area (Å²) in [6.07, 6.45) is 6.23. The van der Waals surface area contributed by atoms with E-state index in [0.29, 0.717) is 6.61 Å². The number of ether oxygens (including phenoxy) is 1. The molecule has 1 rings (SSSR count). The average molecular weight is 298 g/mol. The summed E-state index contributed by atoms with van der Waals surface area (Å²) in [4.78, 5) is 11.7. The van der Waals surface area contributed by atoms with Gasteiger partial charge in [0.2, 0.25) is 0 Å². The standard InChI is InChI=1S/C16H30O3Si/c1-5-18-16(17)13-14-11-9-10-12-15(14)19-20(6-2,7-3)8-4/h13,15H,5-12H2,1-4H3/b14-13+. The van der Waals surface area contributed by atoms with Crippen molar-refractivity contribution in [2.75, 3.05) is 6.61 Å². The van der Waals surface area contributed by atoms with Crippen molar-refractivity contribution in [3.63, 3.8) is 0 Å². The van der Waals surface area contributed by atoms with Gasteiger partial charge in [0.1, 0.15) is 0 Å². The molecule has 20 heavy (non-hydrogen) atoms. The van der Waals surface area contributed by atoms with E-state index in [0.717, 1.165) is 43.0 Å². The predicted molar refractivity (Wildman–Crippen MR) is 85.3 cm³/mol. The van der Waals surface area contributed by atoms with Crippen LogP contribution in [0.1, 0.15) is 53.4 Å². The van der Waals surface area contributed by atoms with Crippen LogP contribution in [0.4, 0.5) is 0 Å². The van der Waals surface area contributed by atoms with E-state index in [2.05, 4.69) is 20.8 Å². The molecule has 4 heteroatoms. The molecule has 0 N–H and O–H groups in total. The van der Waals surface area contributed by atoms with Crippen molar-refractivity contribution >= 4 is 14.3 Å². The summed E-state index contributed by atoms with van der Waals surface area (Å²) in [5, 5.41) is 0. The molecule has 116 valence electrons. The van der Waals surface area contributed by atoms with Gasteiger partial charge in [-0.2, -0.15) is 0 Å². The normalized spacial score (nSPS) is 22.0.